The monoisotopic (exact) mass is 414 g/mol. The van der Waals surface area contributed by atoms with E-state index < -0.39 is 28.7 Å². The SMILES string of the molecule is CN1COc2c(N3CC4C=CC=CC4(N)C3)c(F)cc3c(=O)c(OC(=O)O)cn1c23. The Balaban J connectivity index is 1.72. The van der Waals surface area contributed by atoms with E-state index in [1.54, 1.807) is 12.1 Å². The number of rotatable bonds is 2. The van der Waals surface area contributed by atoms with Crippen LogP contribution in [-0.4, -0.2) is 48.3 Å². The number of halogens is 1. The molecular weight excluding hydrogens is 395 g/mol. The Labute approximate surface area is 169 Å². The molecular formula is C20H19FN4O5. The topological polar surface area (TPSA) is 110 Å². The normalized spacial score (nSPS) is 24.2. The minimum absolute atomic E-state index is 0.0181. The highest BCUT2D eigenvalue weighted by molar-refractivity contribution is 5.93. The van der Waals surface area contributed by atoms with Gasteiger partial charge in [-0.05, 0) is 6.07 Å². The zero-order valence-electron chi connectivity index (χ0n) is 16.0. The first-order valence-corrected chi connectivity index (χ1v) is 9.35. The fourth-order valence-corrected chi connectivity index (χ4v) is 4.40. The van der Waals surface area contributed by atoms with Crippen LogP contribution in [0.3, 0.4) is 0 Å². The van der Waals surface area contributed by atoms with E-state index in [2.05, 4.69) is 4.74 Å². The van der Waals surface area contributed by atoms with E-state index in [4.69, 9.17) is 15.6 Å². The lowest BCUT2D eigenvalue weighted by atomic mass is 9.85. The van der Waals surface area contributed by atoms with Crippen molar-refractivity contribution in [3.05, 3.63) is 52.6 Å². The lowest BCUT2D eigenvalue weighted by Gasteiger charge is -2.33. The molecule has 0 amide bonds. The van der Waals surface area contributed by atoms with E-state index >= 15 is 4.39 Å². The molecule has 10 heteroatoms. The van der Waals surface area contributed by atoms with Gasteiger partial charge in [0.1, 0.15) is 11.2 Å². The second-order valence-electron chi connectivity index (χ2n) is 7.74. The van der Waals surface area contributed by atoms with Gasteiger partial charge < -0.3 is 25.2 Å². The van der Waals surface area contributed by atoms with Crippen molar-refractivity contribution >= 4 is 22.7 Å². The molecule has 0 bridgehead atoms. The summed E-state index contributed by atoms with van der Waals surface area (Å²) in [5.74, 6) is -0.819. The van der Waals surface area contributed by atoms with Gasteiger partial charge in [-0.1, -0.05) is 24.3 Å². The number of hydrogen-bond donors (Lipinski definition) is 2. The second kappa shape index (κ2) is 6.23. The van der Waals surface area contributed by atoms with Crippen LogP contribution in [0.5, 0.6) is 11.5 Å². The molecule has 156 valence electrons. The number of carbonyl (C=O) groups is 1. The molecule has 0 saturated carbocycles. The summed E-state index contributed by atoms with van der Waals surface area (Å²) in [6, 6.07) is 1.10. The van der Waals surface area contributed by atoms with Gasteiger partial charge in [-0.15, -0.1) is 0 Å². The van der Waals surface area contributed by atoms with Crippen molar-refractivity contribution in [1.82, 2.24) is 4.68 Å². The molecule has 9 nitrogen and oxygen atoms in total. The number of ether oxygens (including phenoxy) is 2. The molecule has 1 aromatic heterocycles. The van der Waals surface area contributed by atoms with E-state index in [9.17, 15) is 9.59 Å². The highest BCUT2D eigenvalue weighted by atomic mass is 19.1. The Kier molecular flexibility index (Phi) is 3.84. The maximum Gasteiger partial charge on any atom is 0.511 e. The predicted molar refractivity (Wildman–Crippen MR) is 107 cm³/mol. The first-order chi connectivity index (χ1) is 14.3. The Hall–Kier alpha value is -3.53. The summed E-state index contributed by atoms with van der Waals surface area (Å²) in [5, 5.41) is 10.5. The van der Waals surface area contributed by atoms with Crippen LogP contribution < -0.4 is 30.5 Å². The van der Waals surface area contributed by atoms with E-state index in [1.165, 1.54) is 10.9 Å². The van der Waals surface area contributed by atoms with Gasteiger partial charge in [0.25, 0.3) is 0 Å². The minimum Gasteiger partial charge on any atom is -0.467 e. The van der Waals surface area contributed by atoms with Gasteiger partial charge in [-0.2, -0.15) is 0 Å². The molecule has 30 heavy (non-hydrogen) atoms. The lowest BCUT2D eigenvalue weighted by molar-refractivity contribution is 0.143. The molecule has 3 N–H and O–H groups in total. The van der Waals surface area contributed by atoms with Crippen molar-refractivity contribution in [3.8, 4) is 11.5 Å². The first kappa shape index (κ1) is 18.5. The van der Waals surface area contributed by atoms with E-state index in [-0.39, 0.29) is 29.5 Å². The molecule has 1 aromatic carbocycles. The summed E-state index contributed by atoms with van der Waals surface area (Å²) in [7, 11) is 1.69. The number of pyridine rings is 1. The number of carboxylic acid groups (broad SMARTS) is 1. The number of allylic oxidation sites excluding steroid dienone is 2. The average molecular weight is 414 g/mol. The Morgan fingerprint density at radius 2 is 2.23 bits per heavy atom. The maximum absolute atomic E-state index is 15.3. The Bertz CT molecular complexity index is 1210. The van der Waals surface area contributed by atoms with Crippen molar-refractivity contribution in [2.45, 2.75) is 5.54 Å². The molecule has 0 spiro atoms. The first-order valence-electron chi connectivity index (χ1n) is 9.35. The van der Waals surface area contributed by atoms with Crippen molar-refractivity contribution in [2.24, 2.45) is 11.7 Å². The van der Waals surface area contributed by atoms with Crippen LogP contribution in [0.1, 0.15) is 0 Å². The number of anilines is 1. The quantitative estimate of drug-likeness (QED) is 0.710. The van der Waals surface area contributed by atoms with Crippen LogP contribution >= 0.6 is 0 Å². The molecule has 2 unspecified atom stereocenters. The summed E-state index contributed by atoms with van der Waals surface area (Å²) in [5.41, 5.74) is 5.75. The Morgan fingerprint density at radius 1 is 1.43 bits per heavy atom. The molecule has 3 aliphatic rings. The molecule has 1 fully saturated rings. The number of nitrogens with zero attached hydrogens (tertiary/aromatic N) is 3. The molecule has 0 radical (unpaired) electrons. The fourth-order valence-electron chi connectivity index (χ4n) is 4.40. The van der Waals surface area contributed by atoms with Crippen molar-refractivity contribution in [2.75, 3.05) is 36.8 Å². The van der Waals surface area contributed by atoms with Crippen LogP contribution in [0.15, 0.2) is 41.4 Å². The average Bonchev–Trinajstić information content (AvgIpc) is 3.03. The molecule has 1 saturated heterocycles. The highest BCUT2D eigenvalue weighted by Crippen LogP contribution is 2.44. The molecule has 1 aliphatic carbocycles. The predicted octanol–water partition coefficient (Wildman–Crippen LogP) is 1.37. The van der Waals surface area contributed by atoms with Crippen LogP contribution in [-0.2, 0) is 0 Å². The third kappa shape index (κ3) is 2.57. The van der Waals surface area contributed by atoms with Crippen molar-refractivity contribution in [1.29, 1.82) is 0 Å². The number of aromatic nitrogens is 1. The largest absolute Gasteiger partial charge is 0.511 e. The second-order valence-corrected chi connectivity index (χ2v) is 7.74. The van der Waals surface area contributed by atoms with Gasteiger partial charge in [0.2, 0.25) is 11.2 Å². The smallest absolute Gasteiger partial charge is 0.467 e. The molecule has 2 aromatic rings. The zero-order valence-corrected chi connectivity index (χ0v) is 16.0. The van der Waals surface area contributed by atoms with Gasteiger partial charge in [0.05, 0.1) is 17.1 Å². The number of nitrogens with two attached hydrogens (primary N) is 1. The van der Waals surface area contributed by atoms with Gasteiger partial charge in [-0.25, -0.2) is 9.18 Å². The third-order valence-corrected chi connectivity index (χ3v) is 5.83. The minimum atomic E-state index is -1.62. The summed E-state index contributed by atoms with van der Waals surface area (Å²) >= 11 is 0. The number of benzene rings is 1. The van der Waals surface area contributed by atoms with Crippen molar-refractivity contribution < 1.29 is 23.8 Å². The van der Waals surface area contributed by atoms with Gasteiger partial charge in [0, 0.05) is 26.1 Å². The molecule has 3 heterocycles. The number of fused-ring (bicyclic) bond motifs is 1. The molecule has 2 aliphatic heterocycles. The van der Waals surface area contributed by atoms with Crippen LogP contribution in [0.4, 0.5) is 14.9 Å². The van der Waals surface area contributed by atoms with E-state index in [0.717, 1.165) is 6.07 Å². The Morgan fingerprint density at radius 3 is 2.97 bits per heavy atom. The maximum atomic E-state index is 15.3. The summed E-state index contributed by atoms with van der Waals surface area (Å²) in [6.07, 6.45) is 7.38. The number of hydrogen-bond acceptors (Lipinski definition) is 7. The fraction of sp³-hybridized carbons (Fsp3) is 0.300. The van der Waals surface area contributed by atoms with Gasteiger partial charge in [-0.3, -0.25) is 14.5 Å². The zero-order chi connectivity index (χ0) is 21.2. The molecule has 5 rings (SSSR count). The van der Waals surface area contributed by atoms with E-state index in [0.29, 0.717) is 18.6 Å². The summed E-state index contributed by atoms with van der Waals surface area (Å²) in [4.78, 5) is 25.5. The summed E-state index contributed by atoms with van der Waals surface area (Å²) in [6.45, 7) is 0.951. The third-order valence-electron chi connectivity index (χ3n) is 5.83. The van der Waals surface area contributed by atoms with Crippen molar-refractivity contribution in [3.63, 3.8) is 0 Å². The van der Waals surface area contributed by atoms with Crippen LogP contribution in [0, 0.1) is 11.7 Å². The van der Waals surface area contributed by atoms with Gasteiger partial charge in [0.15, 0.2) is 18.3 Å². The standard InChI is InChI=1S/C20H19FN4O5/c1-23-10-29-18-15-12(17(26)14(8-25(15)23)30-19(27)28)6-13(21)16(18)24-7-11-4-2-3-5-20(11,22)9-24/h2-6,8,11H,7,9-10,22H2,1H3,(H,27,28). The van der Waals surface area contributed by atoms with E-state index in [1.807, 2.05) is 29.2 Å². The van der Waals surface area contributed by atoms with Crippen LogP contribution in [0.25, 0.3) is 10.9 Å². The molecule has 2 atom stereocenters. The van der Waals surface area contributed by atoms with Gasteiger partial charge >= 0.3 is 6.16 Å². The van der Waals surface area contributed by atoms with Crippen LogP contribution in [0.2, 0.25) is 0 Å². The lowest BCUT2D eigenvalue weighted by Crippen LogP contribution is -2.46. The summed E-state index contributed by atoms with van der Waals surface area (Å²) < 4.78 is 27.3. The highest BCUT2D eigenvalue weighted by Gasteiger charge is 2.43.